The fourth-order valence-electron chi connectivity index (χ4n) is 3.42. The average molecular weight is 453 g/mol. The largest absolute Gasteiger partial charge is 0.460 e. The average Bonchev–Trinajstić information content (AvgIpc) is 3.06. The number of primary amides is 1. The van der Waals surface area contributed by atoms with Crippen LogP contribution in [0.1, 0.15) is 55.6 Å². The van der Waals surface area contributed by atoms with E-state index >= 15 is 0 Å². The van der Waals surface area contributed by atoms with Gasteiger partial charge >= 0.3 is 17.6 Å². The van der Waals surface area contributed by atoms with Crippen molar-refractivity contribution in [2.75, 3.05) is 0 Å². The van der Waals surface area contributed by atoms with Crippen molar-refractivity contribution in [3.05, 3.63) is 70.1 Å². The maximum atomic E-state index is 12.6. The minimum atomic E-state index is -1.06. The quantitative estimate of drug-likeness (QED) is 0.504. The minimum absolute atomic E-state index is 0.00201. The number of carbonyl (C=O) groups excluding carboxylic acids is 3. The summed E-state index contributed by atoms with van der Waals surface area (Å²) in [5, 5.41) is 0. The first-order valence-electron chi connectivity index (χ1n) is 10.5. The van der Waals surface area contributed by atoms with Gasteiger partial charge in [0.2, 0.25) is 5.91 Å². The highest BCUT2D eigenvalue weighted by molar-refractivity contribution is 5.94. The Bertz CT molecular complexity index is 1220. The molecule has 0 unspecified atom stereocenters. The van der Waals surface area contributed by atoms with E-state index in [1.54, 1.807) is 20.8 Å². The maximum absolute atomic E-state index is 12.6. The van der Waals surface area contributed by atoms with E-state index in [9.17, 15) is 19.2 Å². The molecule has 1 amide bonds. The Morgan fingerprint density at radius 2 is 1.79 bits per heavy atom. The van der Waals surface area contributed by atoms with E-state index in [2.05, 4.69) is 4.98 Å². The molecule has 33 heavy (non-hydrogen) atoms. The molecule has 1 heterocycles. The highest BCUT2D eigenvalue weighted by Crippen LogP contribution is 2.21. The van der Waals surface area contributed by atoms with Crippen molar-refractivity contribution in [1.29, 1.82) is 0 Å². The molecular formula is C24H27N3O6. The number of rotatable bonds is 8. The number of hydrogen-bond acceptors (Lipinski definition) is 6. The number of esters is 2. The summed E-state index contributed by atoms with van der Waals surface area (Å²) in [4.78, 5) is 51.9. The van der Waals surface area contributed by atoms with Crippen LogP contribution in [0.25, 0.3) is 11.0 Å². The first-order valence-corrected chi connectivity index (χ1v) is 10.5. The van der Waals surface area contributed by atoms with Crippen LogP contribution in [0.4, 0.5) is 0 Å². The number of ether oxygens (including phenoxy) is 2. The number of nitrogens with one attached hydrogen (secondary N) is 1. The highest BCUT2D eigenvalue weighted by atomic mass is 16.6. The second-order valence-electron chi connectivity index (χ2n) is 8.64. The predicted octanol–water partition coefficient (Wildman–Crippen LogP) is 2.83. The van der Waals surface area contributed by atoms with E-state index in [0.29, 0.717) is 11.0 Å². The SMILES string of the molecule is CC(C)(C)OC(=O)CC[C@@H](C(N)=O)n1c(=O)[nH]c2cc(C(=O)OCc3ccccc3)ccc21. The second kappa shape index (κ2) is 9.72. The monoisotopic (exact) mass is 453 g/mol. The summed E-state index contributed by atoms with van der Waals surface area (Å²) in [6.07, 6.45) is -0.0914. The number of fused-ring (bicyclic) bond motifs is 1. The van der Waals surface area contributed by atoms with E-state index < -0.39 is 35.2 Å². The molecule has 0 spiro atoms. The zero-order valence-corrected chi connectivity index (χ0v) is 18.8. The van der Waals surface area contributed by atoms with Crippen molar-refractivity contribution in [2.45, 2.75) is 51.9 Å². The van der Waals surface area contributed by atoms with Crippen LogP contribution < -0.4 is 11.4 Å². The van der Waals surface area contributed by atoms with Crippen LogP contribution in [0.5, 0.6) is 0 Å². The number of benzene rings is 2. The van der Waals surface area contributed by atoms with Crippen molar-refractivity contribution in [3.63, 3.8) is 0 Å². The first-order chi connectivity index (χ1) is 15.5. The lowest BCUT2D eigenvalue weighted by molar-refractivity contribution is -0.155. The van der Waals surface area contributed by atoms with Gasteiger partial charge in [-0.05, 0) is 51.0 Å². The van der Waals surface area contributed by atoms with Gasteiger partial charge in [0.15, 0.2) is 0 Å². The summed E-state index contributed by atoms with van der Waals surface area (Å²) in [6, 6.07) is 12.7. The fourth-order valence-corrected chi connectivity index (χ4v) is 3.42. The lowest BCUT2D eigenvalue weighted by Gasteiger charge is -2.20. The van der Waals surface area contributed by atoms with Crippen molar-refractivity contribution < 1.29 is 23.9 Å². The van der Waals surface area contributed by atoms with Crippen LogP contribution in [0.3, 0.4) is 0 Å². The number of aromatic nitrogens is 2. The molecule has 0 aliphatic carbocycles. The van der Waals surface area contributed by atoms with Gasteiger partial charge in [0.25, 0.3) is 0 Å². The first kappa shape index (κ1) is 23.8. The third-order valence-corrected chi connectivity index (χ3v) is 4.85. The molecule has 0 radical (unpaired) electrons. The Labute approximate surface area is 190 Å². The summed E-state index contributed by atoms with van der Waals surface area (Å²) in [6.45, 7) is 5.33. The second-order valence-corrected chi connectivity index (χ2v) is 8.64. The predicted molar refractivity (Wildman–Crippen MR) is 121 cm³/mol. The summed E-state index contributed by atoms with van der Waals surface area (Å²) < 4.78 is 11.8. The molecule has 1 aromatic heterocycles. The normalized spacial score (nSPS) is 12.3. The van der Waals surface area contributed by atoms with Crippen LogP contribution >= 0.6 is 0 Å². The number of hydrogen-bond donors (Lipinski definition) is 2. The van der Waals surface area contributed by atoms with Gasteiger partial charge in [0, 0.05) is 6.42 Å². The van der Waals surface area contributed by atoms with Crippen molar-refractivity contribution in [1.82, 2.24) is 9.55 Å². The third kappa shape index (κ3) is 6.09. The Morgan fingerprint density at radius 1 is 1.09 bits per heavy atom. The molecule has 3 rings (SSSR count). The van der Waals surface area contributed by atoms with Gasteiger partial charge in [-0.25, -0.2) is 9.59 Å². The lowest BCUT2D eigenvalue weighted by Crippen LogP contribution is -2.33. The number of nitrogens with two attached hydrogens (primary N) is 1. The number of amides is 1. The Hall–Kier alpha value is -3.88. The van der Waals surface area contributed by atoms with E-state index in [4.69, 9.17) is 15.2 Å². The summed E-state index contributed by atoms with van der Waals surface area (Å²) in [5.41, 5.74) is 6.12. The maximum Gasteiger partial charge on any atom is 0.338 e. The van der Waals surface area contributed by atoms with Crippen molar-refractivity contribution in [3.8, 4) is 0 Å². The van der Waals surface area contributed by atoms with Crippen LogP contribution in [-0.4, -0.2) is 33.0 Å². The van der Waals surface area contributed by atoms with Gasteiger partial charge in [0.1, 0.15) is 18.2 Å². The van der Waals surface area contributed by atoms with Crippen LogP contribution in [0.15, 0.2) is 53.3 Å². The van der Waals surface area contributed by atoms with E-state index in [1.807, 2.05) is 30.3 Å². The molecule has 0 saturated heterocycles. The molecule has 0 fully saturated rings. The molecule has 0 saturated carbocycles. The van der Waals surface area contributed by atoms with Gasteiger partial charge in [-0.3, -0.25) is 14.2 Å². The third-order valence-electron chi connectivity index (χ3n) is 4.85. The molecule has 9 heteroatoms. The zero-order valence-electron chi connectivity index (χ0n) is 18.8. The number of H-pyrrole nitrogens is 1. The van der Waals surface area contributed by atoms with E-state index in [-0.39, 0.29) is 25.0 Å². The van der Waals surface area contributed by atoms with Gasteiger partial charge in [-0.1, -0.05) is 30.3 Å². The molecule has 1 atom stereocenters. The van der Waals surface area contributed by atoms with Crippen molar-refractivity contribution >= 4 is 28.9 Å². The highest BCUT2D eigenvalue weighted by Gasteiger charge is 2.25. The molecule has 9 nitrogen and oxygen atoms in total. The molecular weight excluding hydrogens is 426 g/mol. The van der Waals surface area contributed by atoms with Crippen LogP contribution in [-0.2, 0) is 25.7 Å². The number of nitrogens with zero attached hydrogens (tertiary/aromatic N) is 1. The smallest absolute Gasteiger partial charge is 0.338 e. The van der Waals surface area contributed by atoms with Crippen LogP contribution in [0.2, 0.25) is 0 Å². The zero-order chi connectivity index (χ0) is 24.2. The summed E-state index contributed by atoms with van der Waals surface area (Å²) in [7, 11) is 0. The van der Waals surface area contributed by atoms with E-state index in [1.165, 1.54) is 22.8 Å². The van der Waals surface area contributed by atoms with Gasteiger partial charge < -0.3 is 20.2 Å². The lowest BCUT2D eigenvalue weighted by atomic mass is 10.1. The molecule has 174 valence electrons. The molecule has 0 aliphatic heterocycles. The molecule has 3 N–H and O–H groups in total. The minimum Gasteiger partial charge on any atom is -0.460 e. The van der Waals surface area contributed by atoms with Crippen molar-refractivity contribution in [2.24, 2.45) is 5.73 Å². The fraction of sp³-hybridized carbons (Fsp3) is 0.333. The number of carbonyl (C=O) groups is 3. The van der Waals surface area contributed by atoms with E-state index in [0.717, 1.165) is 5.56 Å². The topological polar surface area (TPSA) is 133 Å². The molecule has 0 bridgehead atoms. The standard InChI is InChI=1S/C24H27N3O6/c1-24(2,3)33-20(28)12-11-19(21(25)29)27-18-10-9-16(13-17(18)26-23(27)31)22(30)32-14-15-7-5-4-6-8-15/h4-10,13,19H,11-12,14H2,1-3H3,(H2,25,29)(H,26,31)/t19-/m0/s1. The van der Waals surface area contributed by atoms with Gasteiger partial charge in [-0.15, -0.1) is 0 Å². The van der Waals surface area contributed by atoms with Gasteiger partial charge in [0.05, 0.1) is 16.6 Å². The van der Waals surface area contributed by atoms with Gasteiger partial charge in [-0.2, -0.15) is 0 Å². The summed E-state index contributed by atoms with van der Waals surface area (Å²) in [5.74, 6) is -1.80. The van der Waals surface area contributed by atoms with Crippen LogP contribution in [0, 0.1) is 0 Å². The Balaban J connectivity index is 1.79. The molecule has 0 aliphatic rings. The Kier molecular flexibility index (Phi) is 7.01. The number of aromatic amines is 1. The molecule has 3 aromatic rings. The Morgan fingerprint density at radius 3 is 2.42 bits per heavy atom. The molecule has 2 aromatic carbocycles. The number of imidazole rings is 1. The summed E-state index contributed by atoms with van der Waals surface area (Å²) >= 11 is 0.